The molecule has 1 aromatic carbocycles. The van der Waals surface area contributed by atoms with Crippen LogP contribution in [0, 0.1) is 0 Å². The summed E-state index contributed by atoms with van der Waals surface area (Å²) in [6.45, 7) is 0. The van der Waals surface area contributed by atoms with Gasteiger partial charge in [0.2, 0.25) is 5.91 Å². The number of carbonyl (C=O) groups excluding carboxylic acids is 2. The lowest BCUT2D eigenvalue weighted by atomic mass is 10.2. The second-order valence-electron chi connectivity index (χ2n) is 5.62. The summed E-state index contributed by atoms with van der Waals surface area (Å²) in [6.07, 6.45) is 4.35. The molecule has 0 spiro atoms. The summed E-state index contributed by atoms with van der Waals surface area (Å²) in [5, 5.41) is 2.80. The minimum absolute atomic E-state index is 0.0884. The van der Waals surface area contributed by atoms with Crippen LogP contribution in [-0.2, 0) is 15.3 Å². The van der Waals surface area contributed by atoms with Gasteiger partial charge in [-0.3, -0.25) is 4.79 Å². The van der Waals surface area contributed by atoms with Crippen LogP contribution in [-0.4, -0.2) is 34.1 Å². The monoisotopic (exact) mass is 369 g/mol. The Morgan fingerprint density at radius 1 is 1.23 bits per heavy atom. The average molecular weight is 369 g/mol. The molecule has 1 N–H and O–H groups in total. The van der Waals surface area contributed by atoms with Gasteiger partial charge in [-0.15, -0.1) is 0 Å². The van der Waals surface area contributed by atoms with Gasteiger partial charge in [-0.2, -0.15) is 11.8 Å². The third-order valence-electron chi connectivity index (χ3n) is 3.70. The number of amides is 1. The SMILES string of the molecule is COC(=O)c1cccc(NC(=O)CCSCc2cn3ccccc3n2)c1. The first-order valence-corrected chi connectivity index (χ1v) is 9.30. The molecular weight excluding hydrogens is 350 g/mol. The standard InChI is InChI=1S/C19H19N3O3S/c1-25-19(24)14-5-4-6-15(11-14)21-18(23)8-10-26-13-16-12-22-9-3-2-7-17(22)20-16/h2-7,9,11-12H,8,10,13H2,1H3,(H,21,23). The number of benzene rings is 1. The van der Waals surface area contributed by atoms with E-state index in [2.05, 4.69) is 15.0 Å². The van der Waals surface area contributed by atoms with E-state index in [9.17, 15) is 9.59 Å². The number of esters is 1. The normalized spacial score (nSPS) is 10.7. The van der Waals surface area contributed by atoms with E-state index in [1.54, 1.807) is 36.0 Å². The quantitative estimate of drug-likeness (QED) is 0.511. The lowest BCUT2D eigenvalue weighted by Gasteiger charge is -2.06. The topological polar surface area (TPSA) is 72.7 Å². The number of fused-ring (bicyclic) bond motifs is 1. The number of hydrogen-bond donors (Lipinski definition) is 1. The Morgan fingerprint density at radius 2 is 2.12 bits per heavy atom. The Kier molecular flexibility index (Phi) is 5.91. The van der Waals surface area contributed by atoms with Gasteiger partial charge in [-0.05, 0) is 30.3 Å². The third-order valence-corrected chi connectivity index (χ3v) is 4.70. The molecule has 0 aliphatic carbocycles. The van der Waals surface area contributed by atoms with Crippen LogP contribution in [0.25, 0.3) is 5.65 Å². The summed E-state index contributed by atoms with van der Waals surface area (Å²) in [5.74, 6) is 0.932. The highest BCUT2D eigenvalue weighted by Gasteiger charge is 2.08. The van der Waals surface area contributed by atoms with Crippen LogP contribution in [0.3, 0.4) is 0 Å². The van der Waals surface area contributed by atoms with Crippen molar-refractivity contribution in [2.45, 2.75) is 12.2 Å². The van der Waals surface area contributed by atoms with E-state index in [-0.39, 0.29) is 5.91 Å². The van der Waals surface area contributed by atoms with E-state index in [4.69, 9.17) is 0 Å². The van der Waals surface area contributed by atoms with Gasteiger partial charge < -0.3 is 14.5 Å². The van der Waals surface area contributed by atoms with Crippen LogP contribution in [0.2, 0.25) is 0 Å². The summed E-state index contributed by atoms with van der Waals surface area (Å²) in [7, 11) is 1.33. The van der Waals surface area contributed by atoms with Crippen molar-refractivity contribution in [2.75, 3.05) is 18.2 Å². The minimum Gasteiger partial charge on any atom is -0.465 e. The number of nitrogens with zero attached hydrogens (tertiary/aromatic N) is 2. The molecule has 7 heteroatoms. The van der Waals surface area contributed by atoms with Crippen molar-refractivity contribution in [3.05, 3.63) is 66.1 Å². The van der Waals surface area contributed by atoms with Crippen molar-refractivity contribution >= 4 is 35.0 Å². The molecule has 0 saturated heterocycles. The number of ether oxygens (including phenoxy) is 1. The molecule has 2 aromatic heterocycles. The summed E-state index contributed by atoms with van der Waals surface area (Å²) >= 11 is 1.66. The first kappa shape index (κ1) is 18.0. The van der Waals surface area contributed by atoms with E-state index in [0.717, 1.165) is 17.1 Å². The summed E-state index contributed by atoms with van der Waals surface area (Å²) in [6, 6.07) is 12.6. The van der Waals surface area contributed by atoms with Crippen molar-refractivity contribution in [2.24, 2.45) is 0 Å². The number of carbonyl (C=O) groups is 2. The molecule has 0 atom stereocenters. The Balaban J connectivity index is 1.45. The summed E-state index contributed by atoms with van der Waals surface area (Å²) < 4.78 is 6.66. The Labute approximate surface area is 155 Å². The number of rotatable bonds is 7. The second-order valence-corrected chi connectivity index (χ2v) is 6.73. The van der Waals surface area contributed by atoms with Gasteiger partial charge in [-0.25, -0.2) is 9.78 Å². The van der Waals surface area contributed by atoms with Crippen LogP contribution >= 0.6 is 11.8 Å². The van der Waals surface area contributed by atoms with Gasteiger partial charge in [0.1, 0.15) is 5.65 Å². The Morgan fingerprint density at radius 3 is 2.92 bits per heavy atom. The smallest absolute Gasteiger partial charge is 0.337 e. The molecular formula is C19H19N3O3S. The molecule has 0 aliphatic rings. The molecule has 2 heterocycles. The summed E-state index contributed by atoms with van der Waals surface area (Å²) in [4.78, 5) is 28.1. The highest BCUT2D eigenvalue weighted by Crippen LogP contribution is 2.15. The van der Waals surface area contributed by atoms with E-state index < -0.39 is 5.97 Å². The third kappa shape index (κ3) is 4.64. The fourth-order valence-corrected chi connectivity index (χ4v) is 3.29. The lowest BCUT2D eigenvalue weighted by Crippen LogP contribution is -2.13. The maximum Gasteiger partial charge on any atom is 0.337 e. The van der Waals surface area contributed by atoms with Gasteiger partial charge in [0.05, 0.1) is 18.4 Å². The van der Waals surface area contributed by atoms with Gasteiger partial charge in [0.15, 0.2) is 0 Å². The van der Waals surface area contributed by atoms with Gasteiger partial charge in [-0.1, -0.05) is 12.1 Å². The molecule has 0 fully saturated rings. The number of hydrogen-bond acceptors (Lipinski definition) is 5. The van der Waals surface area contributed by atoms with Crippen LogP contribution in [0.4, 0.5) is 5.69 Å². The molecule has 0 bridgehead atoms. The second kappa shape index (κ2) is 8.53. The summed E-state index contributed by atoms with van der Waals surface area (Å²) in [5.41, 5.74) is 2.91. The number of methoxy groups -OCH3 is 1. The molecule has 0 aliphatic heterocycles. The number of imidazole rings is 1. The van der Waals surface area contributed by atoms with Gasteiger partial charge >= 0.3 is 5.97 Å². The molecule has 0 unspecified atom stereocenters. The van der Waals surface area contributed by atoms with Crippen molar-refractivity contribution in [3.63, 3.8) is 0 Å². The van der Waals surface area contributed by atoms with Gasteiger partial charge in [0, 0.05) is 36.0 Å². The van der Waals surface area contributed by atoms with Crippen LogP contribution in [0.1, 0.15) is 22.5 Å². The molecule has 1 amide bonds. The van der Waals surface area contributed by atoms with Crippen LogP contribution in [0.5, 0.6) is 0 Å². The molecule has 3 rings (SSSR count). The van der Waals surface area contributed by atoms with Crippen molar-refractivity contribution in [1.29, 1.82) is 0 Å². The Bertz CT molecular complexity index is 890. The fraction of sp³-hybridized carbons (Fsp3) is 0.211. The predicted molar refractivity (Wildman–Crippen MR) is 102 cm³/mol. The fourth-order valence-electron chi connectivity index (χ4n) is 2.46. The molecule has 0 saturated carbocycles. The maximum absolute atomic E-state index is 12.1. The molecule has 6 nitrogen and oxygen atoms in total. The zero-order valence-electron chi connectivity index (χ0n) is 14.3. The van der Waals surface area contributed by atoms with Crippen LogP contribution < -0.4 is 5.32 Å². The van der Waals surface area contributed by atoms with Crippen molar-refractivity contribution in [3.8, 4) is 0 Å². The van der Waals surface area contributed by atoms with Crippen molar-refractivity contribution in [1.82, 2.24) is 9.38 Å². The number of pyridine rings is 1. The minimum atomic E-state index is -0.427. The zero-order valence-corrected chi connectivity index (χ0v) is 15.2. The molecule has 3 aromatic rings. The largest absolute Gasteiger partial charge is 0.465 e. The molecule has 0 radical (unpaired) electrons. The highest BCUT2D eigenvalue weighted by molar-refractivity contribution is 7.98. The van der Waals surface area contributed by atoms with Crippen LogP contribution in [0.15, 0.2) is 54.9 Å². The first-order valence-electron chi connectivity index (χ1n) is 8.14. The Hall–Kier alpha value is -2.80. The number of thioether (sulfide) groups is 1. The lowest BCUT2D eigenvalue weighted by molar-refractivity contribution is -0.115. The van der Waals surface area contributed by atoms with E-state index >= 15 is 0 Å². The van der Waals surface area contributed by atoms with Gasteiger partial charge in [0.25, 0.3) is 0 Å². The molecule has 26 heavy (non-hydrogen) atoms. The van der Waals surface area contributed by atoms with E-state index in [1.807, 2.05) is 35.0 Å². The highest BCUT2D eigenvalue weighted by atomic mass is 32.2. The first-order chi connectivity index (χ1) is 12.7. The number of aromatic nitrogens is 2. The van der Waals surface area contributed by atoms with E-state index in [1.165, 1.54) is 7.11 Å². The van der Waals surface area contributed by atoms with Crippen molar-refractivity contribution < 1.29 is 14.3 Å². The zero-order chi connectivity index (χ0) is 18.4. The predicted octanol–water partition coefficient (Wildman–Crippen LogP) is 3.38. The number of nitrogens with one attached hydrogen (secondary N) is 1. The van der Waals surface area contributed by atoms with E-state index in [0.29, 0.717) is 23.4 Å². The number of anilines is 1. The average Bonchev–Trinajstić information content (AvgIpc) is 3.07. The maximum atomic E-state index is 12.1. The molecule has 134 valence electrons.